The van der Waals surface area contributed by atoms with Gasteiger partial charge in [-0.2, -0.15) is 4.98 Å². The van der Waals surface area contributed by atoms with Gasteiger partial charge in [0.2, 0.25) is 5.95 Å². The Kier molecular flexibility index (Phi) is 4.72. The van der Waals surface area contributed by atoms with Crippen LogP contribution in [-0.4, -0.2) is 23.1 Å². The van der Waals surface area contributed by atoms with E-state index in [4.69, 9.17) is 0 Å². The van der Waals surface area contributed by atoms with E-state index >= 15 is 0 Å². The average Bonchev–Trinajstić information content (AvgIpc) is 2.40. The van der Waals surface area contributed by atoms with E-state index in [2.05, 4.69) is 44.9 Å². The van der Waals surface area contributed by atoms with Crippen LogP contribution in [-0.2, 0) is 6.42 Å². The minimum atomic E-state index is 0.685. The number of hydrogen-bond donors (Lipinski definition) is 2. The number of aryl methyl sites for hydroxylation is 1. The highest BCUT2D eigenvalue weighted by molar-refractivity contribution is 5.42. The van der Waals surface area contributed by atoms with Gasteiger partial charge in [-0.25, -0.2) is 4.98 Å². The summed E-state index contributed by atoms with van der Waals surface area (Å²) in [5.74, 6) is 1.56. The Balaban J connectivity index is 1.92. The number of aromatic nitrogens is 2. The molecular weight excluding hydrogens is 236 g/mol. The molecule has 0 unspecified atom stereocenters. The van der Waals surface area contributed by atoms with Crippen LogP contribution in [0.4, 0.5) is 11.8 Å². The smallest absolute Gasteiger partial charge is 0.224 e. The molecule has 2 rings (SSSR count). The molecule has 1 aromatic heterocycles. The van der Waals surface area contributed by atoms with Crippen molar-refractivity contribution in [2.45, 2.75) is 20.3 Å². The van der Waals surface area contributed by atoms with E-state index < -0.39 is 0 Å². The maximum Gasteiger partial charge on any atom is 0.224 e. The van der Waals surface area contributed by atoms with E-state index in [-0.39, 0.29) is 0 Å². The Morgan fingerprint density at radius 2 is 1.84 bits per heavy atom. The first-order chi connectivity index (χ1) is 9.28. The van der Waals surface area contributed by atoms with Crippen molar-refractivity contribution in [2.75, 3.05) is 23.7 Å². The van der Waals surface area contributed by atoms with Gasteiger partial charge in [0.05, 0.1) is 0 Å². The number of benzene rings is 1. The molecule has 2 N–H and O–H groups in total. The fourth-order valence-corrected chi connectivity index (χ4v) is 1.88. The van der Waals surface area contributed by atoms with E-state index in [0.29, 0.717) is 5.95 Å². The SMILES string of the molecule is CCNc1nc(C)cc(NCCc2ccccc2)n1. The molecule has 4 nitrogen and oxygen atoms in total. The highest BCUT2D eigenvalue weighted by Crippen LogP contribution is 2.09. The lowest BCUT2D eigenvalue weighted by molar-refractivity contribution is 0.987. The second-order valence-corrected chi connectivity index (χ2v) is 4.41. The minimum absolute atomic E-state index is 0.685. The summed E-state index contributed by atoms with van der Waals surface area (Å²) in [5, 5.41) is 6.48. The van der Waals surface area contributed by atoms with Crippen LogP contribution in [0.25, 0.3) is 0 Å². The lowest BCUT2D eigenvalue weighted by Crippen LogP contribution is -2.09. The fourth-order valence-electron chi connectivity index (χ4n) is 1.88. The summed E-state index contributed by atoms with van der Waals surface area (Å²) in [4.78, 5) is 8.75. The van der Waals surface area contributed by atoms with Crippen LogP contribution in [0.15, 0.2) is 36.4 Å². The second kappa shape index (κ2) is 6.73. The predicted molar refractivity (Wildman–Crippen MR) is 79.6 cm³/mol. The van der Waals surface area contributed by atoms with E-state index in [1.165, 1.54) is 5.56 Å². The Labute approximate surface area is 114 Å². The van der Waals surface area contributed by atoms with Gasteiger partial charge in [0.15, 0.2) is 0 Å². The summed E-state index contributed by atoms with van der Waals surface area (Å²) in [6.45, 7) is 5.71. The van der Waals surface area contributed by atoms with Crippen LogP contribution in [0.2, 0.25) is 0 Å². The van der Waals surface area contributed by atoms with Gasteiger partial charge in [-0.15, -0.1) is 0 Å². The van der Waals surface area contributed by atoms with Gasteiger partial charge in [0.25, 0.3) is 0 Å². The van der Waals surface area contributed by atoms with Crippen LogP contribution < -0.4 is 10.6 Å². The van der Waals surface area contributed by atoms with Crippen LogP contribution in [0.5, 0.6) is 0 Å². The summed E-state index contributed by atoms with van der Waals surface area (Å²) in [6, 6.07) is 12.4. The maximum absolute atomic E-state index is 4.42. The Bertz CT molecular complexity index is 511. The molecule has 0 radical (unpaired) electrons. The number of anilines is 2. The molecule has 0 fully saturated rings. The van der Waals surface area contributed by atoms with Crippen LogP contribution in [0.1, 0.15) is 18.2 Å². The molecule has 4 heteroatoms. The second-order valence-electron chi connectivity index (χ2n) is 4.41. The number of hydrogen-bond acceptors (Lipinski definition) is 4. The molecular formula is C15H20N4. The molecule has 0 atom stereocenters. The maximum atomic E-state index is 4.42. The first-order valence-corrected chi connectivity index (χ1v) is 6.65. The van der Waals surface area contributed by atoms with Gasteiger partial charge in [0, 0.05) is 24.8 Å². The molecule has 0 saturated heterocycles. The first-order valence-electron chi connectivity index (χ1n) is 6.65. The Hall–Kier alpha value is -2.10. The summed E-state index contributed by atoms with van der Waals surface area (Å²) in [5.41, 5.74) is 2.29. The van der Waals surface area contributed by atoms with Crippen LogP contribution >= 0.6 is 0 Å². The van der Waals surface area contributed by atoms with E-state index in [0.717, 1.165) is 31.0 Å². The Morgan fingerprint density at radius 1 is 1.05 bits per heavy atom. The largest absolute Gasteiger partial charge is 0.370 e. The molecule has 0 aliphatic carbocycles. The van der Waals surface area contributed by atoms with Crippen LogP contribution in [0.3, 0.4) is 0 Å². The summed E-state index contributed by atoms with van der Waals surface area (Å²) >= 11 is 0. The zero-order valence-corrected chi connectivity index (χ0v) is 11.5. The number of nitrogens with zero attached hydrogens (tertiary/aromatic N) is 2. The third-order valence-electron chi connectivity index (χ3n) is 2.75. The van der Waals surface area contributed by atoms with Gasteiger partial charge in [-0.3, -0.25) is 0 Å². The van der Waals surface area contributed by atoms with Gasteiger partial charge >= 0.3 is 0 Å². The lowest BCUT2D eigenvalue weighted by atomic mass is 10.1. The van der Waals surface area contributed by atoms with E-state index in [1.54, 1.807) is 0 Å². The molecule has 0 saturated carbocycles. The van der Waals surface area contributed by atoms with Crippen molar-refractivity contribution in [2.24, 2.45) is 0 Å². The quantitative estimate of drug-likeness (QED) is 0.834. The van der Waals surface area contributed by atoms with Crippen molar-refractivity contribution in [1.29, 1.82) is 0 Å². The molecule has 0 spiro atoms. The van der Waals surface area contributed by atoms with Crippen LogP contribution in [0, 0.1) is 6.92 Å². The fraction of sp³-hybridized carbons (Fsp3) is 0.333. The van der Waals surface area contributed by atoms with Gasteiger partial charge in [-0.1, -0.05) is 30.3 Å². The van der Waals surface area contributed by atoms with Crippen molar-refractivity contribution in [3.8, 4) is 0 Å². The molecule has 0 aliphatic heterocycles. The zero-order valence-electron chi connectivity index (χ0n) is 11.5. The normalized spacial score (nSPS) is 10.2. The van der Waals surface area contributed by atoms with Gasteiger partial charge < -0.3 is 10.6 Å². The average molecular weight is 256 g/mol. The molecule has 1 aromatic carbocycles. The summed E-state index contributed by atoms with van der Waals surface area (Å²) < 4.78 is 0. The first kappa shape index (κ1) is 13.3. The monoisotopic (exact) mass is 256 g/mol. The molecule has 100 valence electrons. The third kappa shape index (κ3) is 4.25. The van der Waals surface area contributed by atoms with E-state index in [1.807, 2.05) is 26.0 Å². The lowest BCUT2D eigenvalue weighted by Gasteiger charge is -2.09. The van der Waals surface area contributed by atoms with Crippen molar-refractivity contribution in [3.05, 3.63) is 47.7 Å². The highest BCUT2D eigenvalue weighted by Gasteiger charge is 2.00. The molecule has 0 amide bonds. The number of rotatable bonds is 6. The molecule has 0 aliphatic rings. The van der Waals surface area contributed by atoms with Crippen molar-refractivity contribution in [1.82, 2.24) is 9.97 Å². The topological polar surface area (TPSA) is 49.8 Å². The Morgan fingerprint density at radius 3 is 2.58 bits per heavy atom. The molecule has 19 heavy (non-hydrogen) atoms. The molecule has 0 bridgehead atoms. The standard InChI is InChI=1S/C15H20N4/c1-3-16-15-18-12(2)11-14(19-15)17-10-9-13-7-5-4-6-8-13/h4-8,11H,3,9-10H2,1-2H3,(H2,16,17,18,19). The van der Waals surface area contributed by atoms with Crippen molar-refractivity contribution < 1.29 is 0 Å². The molecule has 1 heterocycles. The molecule has 2 aromatic rings. The highest BCUT2D eigenvalue weighted by atomic mass is 15.1. The van der Waals surface area contributed by atoms with Crippen molar-refractivity contribution >= 4 is 11.8 Å². The summed E-state index contributed by atoms with van der Waals surface area (Å²) in [7, 11) is 0. The van der Waals surface area contributed by atoms with Crippen molar-refractivity contribution in [3.63, 3.8) is 0 Å². The predicted octanol–water partition coefficient (Wildman–Crippen LogP) is 2.87. The van der Waals surface area contributed by atoms with Gasteiger partial charge in [-0.05, 0) is 25.8 Å². The third-order valence-corrected chi connectivity index (χ3v) is 2.75. The van der Waals surface area contributed by atoms with Gasteiger partial charge in [0.1, 0.15) is 5.82 Å². The number of nitrogens with one attached hydrogen (secondary N) is 2. The van der Waals surface area contributed by atoms with E-state index in [9.17, 15) is 0 Å². The summed E-state index contributed by atoms with van der Waals surface area (Å²) in [6.07, 6.45) is 0.987. The minimum Gasteiger partial charge on any atom is -0.370 e. The zero-order chi connectivity index (χ0) is 13.5.